The van der Waals surface area contributed by atoms with Crippen molar-refractivity contribution >= 4 is 25.3 Å². The van der Waals surface area contributed by atoms with Crippen LogP contribution in [-0.4, -0.2) is 0 Å². The molecule has 0 saturated heterocycles. The summed E-state index contributed by atoms with van der Waals surface area (Å²) in [4.78, 5) is 13.0. The lowest BCUT2D eigenvalue weighted by Gasteiger charge is -2.31. The zero-order valence-electron chi connectivity index (χ0n) is 9.02. The second kappa shape index (κ2) is 5.30. The van der Waals surface area contributed by atoms with E-state index in [1.54, 1.807) is 0 Å². The number of hydrogen-bond donors (Lipinski definition) is 0. The average molecular weight is 258 g/mol. The fourth-order valence-electron chi connectivity index (χ4n) is 1.59. The van der Waals surface area contributed by atoms with Crippen LogP contribution in [0, 0.1) is 11.1 Å². The Kier molecular flexibility index (Phi) is 3.77. The van der Waals surface area contributed by atoms with Crippen molar-refractivity contribution in [1.82, 2.24) is 0 Å². The summed E-state index contributed by atoms with van der Waals surface area (Å²) in [6.07, 6.45) is 0. The van der Waals surface area contributed by atoms with Crippen LogP contribution in [0.5, 0.6) is 0 Å². The third-order valence-corrected chi connectivity index (χ3v) is 7.26. The summed E-state index contributed by atoms with van der Waals surface area (Å²) in [5.41, 5.74) is 0. The Morgan fingerprint density at radius 1 is 0.882 bits per heavy atom. The van der Waals surface area contributed by atoms with Gasteiger partial charge >= 0.3 is 0 Å². The minimum atomic E-state index is -2.81. The first-order valence-electron chi connectivity index (χ1n) is 5.10. The summed E-state index contributed by atoms with van der Waals surface area (Å²) in [5.74, 6) is 2.01. The van der Waals surface area contributed by atoms with Crippen molar-refractivity contribution in [3.05, 3.63) is 60.7 Å². The highest BCUT2D eigenvalue weighted by Gasteiger charge is 2.09. The Morgan fingerprint density at radius 2 is 1.29 bits per heavy atom. The highest BCUT2D eigenvalue weighted by molar-refractivity contribution is 8.11. The normalized spacial score (nSPS) is 11.1. The van der Waals surface area contributed by atoms with Gasteiger partial charge in [-0.2, -0.15) is 5.26 Å². The van der Waals surface area contributed by atoms with Gasteiger partial charge < -0.3 is 4.89 Å². The van der Waals surface area contributed by atoms with E-state index in [1.165, 1.54) is 0 Å². The molecule has 0 N–H and O–H groups in total. The molecule has 17 heavy (non-hydrogen) atoms. The van der Waals surface area contributed by atoms with Crippen molar-refractivity contribution in [3.63, 3.8) is 0 Å². The molecule has 2 nitrogen and oxygen atoms in total. The first-order valence-corrected chi connectivity index (χ1v) is 8.41. The van der Waals surface area contributed by atoms with Crippen molar-refractivity contribution in [3.8, 4) is 5.81 Å². The van der Waals surface area contributed by atoms with Gasteiger partial charge in [0.25, 0.3) is 0 Å². The molecule has 0 atom stereocenters. The molecule has 2 rings (SSSR count). The van der Waals surface area contributed by atoms with Gasteiger partial charge in [-0.3, -0.25) is 0 Å². The zero-order chi connectivity index (χ0) is 12.1. The minimum Gasteiger partial charge on any atom is -0.818 e. The van der Waals surface area contributed by atoms with Gasteiger partial charge in [0.2, 0.25) is 0 Å². The number of hydrogen-bond acceptors (Lipinski definition) is 2. The maximum atomic E-state index is 13.0. The van der Waals surface area contributed by atoms with E-state index in [9.17, 15) is 4.89 Å². The van der Waals surface area contributed by atoms with Crippen molar-refractivity contribution in [2.45, 2.75) is 0 Å². The van der Waals surface area contributed by atoms with Crippen LogP contribution in [0.4, 0.5) is 0 Å². The smallest absolute Gasteiger partial charge is 0.121 e. The average Bonchev–Trinajstić information content (AvgIpc) is 2.41. The molecule has 0 aliphatic rings. The van der Waals surface area contributed by atoms with E-state index in [-0.39, 0.29) is 0 Å². The lowest BCUT2D eigenvalue weighted by molar-refractivity contribution is -0.154. The van der Waals surface area contributed by atoms with Crippen molar-refractivity contribution in [2.24, 2.45) is 0 Å². The molecular formula is C13H10NOP2-. The highest BCUT2D eigenvalue weighted by atomic mass is 31.8. The predicted octanol–water partition coefficient (Wildman–Crippen LogP) is 2.27. The van der Waals surface area contributed by atoms with E-state index in [4.69, 9.17) is 5.26 Å². The standard InChI is InChI=1S/C13H10NOP2/c14-11-16-17(15,12-7-3-1-4-8-12)13-9-5-2-6-10-13/h1-10H/q-1. The topological polar surface area (TPSA) is 46.8 Å². The Labute approximate surface area is 102 Å². The molecule has 0 aromatic heterocycles. The van der Waals surface area contributed by atoms with Crippen LogP contribution < -0.4 is 15.5 Å². The molecule has 0 amide bonds. The zero-order valence-corrected chi connectivity index (χ0v) is 10.8. The van der Waals surface area contributed by atoms with Crippen LogP contribution in [0.25, 0.3) is 0 Å². The second-order valence-corrected chi connectivity index (χ2v) is 8.32. The van der Waals surface area contributed by atoms with E-state index in [1.807, 2.05) is 66.5 Å². The Hall–Kier alpha value is -1.38. The van der Waals surface area contributed by atoms with E-state index < -0.39 is 6.78 Å². The maximum Gasteiger partial charge on any atom is 0.121 e. The number of benzene rings is 2. The third kappa shape index (κ3) is 2.48. The molecule has 2 aromatic carbocycles. The number of nitrogens with zero attached hydrogens (tertiary/aromatic N) is 1. The summed E-state index contributed by atoms with van der Waals surface area (Å²) in [7, 11) is 0.310. The van der Waals surface area contributed by atoms with Crippen LogP contribution in [0.1, 0.15) is 0 Å². The first kappa shape index (κ1) is 12.1. The van der Waals surface area contributed by atoms with Gasteiger partial charge in [0.1, 0.15) is 5.81 Å². The van der Waals surface area contributed by atoms with Crippen molar-refractivity contribution < 1.29 is 4.89 Å². The molecule has 0 unspecified atom stereocenters. The van der Waals surface area contributed by atoms with Crippen molar-refractivity contribution in [1.29, 1.82) is 5.26 Å². The molecule has 0 saturated carbocycles. The lowest BCUT2D eigenvalue weighted by Crippen LogP contribution is -2.23. The molecule has 4 heteroatoms. The molecular weight excluding hydrogens is 248 g/mol. The number of nitriles is 1. The van der Waals surface area contributed by atoms with Gasteiger partial charge in [-0.1, -0.05) is 67.4 Å². The highest BCUT2D eigenvalue weighted by Crippen LogP contribution is 2.45. The van der Waals surface area contributed by atoms with Gasteiger partial charge in [-0.15, -0.1) is 0 Å². The molecule has 0 heterocycles. The lowest BCUT2D eigenvalue weighted by atomic mass is 10.4. The van der Waals surface area contributed by atoms with Gasteiger partial charge in [0.15, 0.2) is 0 Å². The van der Waals surface area contributed by atoms with Gasteiger partial charge in [0.05, 0.1) is 0 Å². The van der Waals surface area contributed by atoms with E-state index in [2.05, 4.69) is 0 Å². The van der Waals surface area contributed by atoms with Crippen LogP contribution in [0.2, 0.25) is 0 Å². The van der Waals surface area contributed by atoms with Crippen LogP contribution in [0.15, 0.2) is 60.7 Å². The van der Waals surface area contributed by atoms with Crippen LogP contribution in [0.3, 0.4) is 0 Å². The second-order valence-electron chi connectivity index (χ2n) is 3.45. The third-order valence-electron chi connectivity index (χ3n) is 2.40. The number of rotatable bonds is 2. The summed E-state index contributed by atoms with van der Waals surface area (Å²) in [6, 6.07) is 18.4. The van der Waals surface area contributed by atoms with E-state index >= 15 is 0 Å². The largest absolute Gasteiger partial charge is 0.818 e. The molecule has 0 spiro atoms. The minimum absolute atomic E-state index is 0.310. The SMILES string of the molecule is N#CP=P([O-])(c1ccccc1)c1ccccc1. The van der Waals surface area contributed by atoms with Crippen LogP contribution in [-0.2, 0) is 0 Å². The summed E-state index contributed by atoms with van der Waals surface area (Å²) >= 11 is 0. The molecule has 0 radical (unpaired) electrons. The predicted molar refractivity (Wildman–Crippen MR) is 71.6 cm³/mol. The molecule has 0 fully saturated rings. The molecule has 0 bridgehead atoms. The Bertz CT molecular complexity index is 544. The Morgan fingerprint density at radius 3 is 1.65 bits per heavy atom. The molecule has 84 valence electrons. The van der Waals surface area contributed by atoms with Crippen molar-refractivity contribution in [2.75, 3.05) is 0 Å². The van der Waals surface area contributed by atoms with E-state index in [0.29, 0.717) is 7.87 Å². The maximum absolute atomic E-state index is 13.0. The van der Waals surface area contributed by atoms with Crippen LogP contribution >= 0.6 is 14.6 Å². The molecule has 0 aliphatic heterocycles. The van der Waals surface area contributed by atoms with Gasteiger partial charge in [-0.05, 0) is 10.6 Å². The fraction of sp³-hybridized carbons (Fsp3) is 0. The first-order chi connectivity index (χ1) is 8.27. The summed E-state index contributed by atoms with van der Waals surface area (Å²) in [6.45, 7) is -2.81. The summed E-state index contributed by atoms with van der Waals surface area (Å²) in [5, 5.41) is 10.4. The van der Waals surface area contributed by atoms with E-state index in [0.717, 1.165) is 10.6 Å². The Balaban J connectivity index is 2.65. The molecule has 0 aliphatic carbocycles. The molecule has 2 aromatic rings. The fourth-order valence-corrected chi connectivity index (χ4v) is 5.27. The quantitative estimate of drug-likeness (QED) is 0.776. The van der Waals surface area contributed by atoms with Gasteiger partial charge in [-0.25, -0.2) is 0 Å². The summed E-state index contributed by atoms with van der Waals surface area (Å²) < 4.78 is 0. The monoisotopic (exact) mass is 258 g/mol. The van der Waals surface area contributed by atoms with Gasteiger partial charge in [0, 0.05) is 7.87 Å².